The van der Waals surface area contributed by atoms with Crippen molar-refractivity contribution in [1.29, 1.82) is 0 Å². The van der Waals surface area contributed by atoms with E-state index in [2.05, 4.69) is 4.72 Å². The van der Waals surface area contributed by atoms with E-state index in [4.69, 9.17) is 0 Å². The lowest BCUT2D eigenvalue weighted by atomic mass is 10.3. The summed E-state index contributed by atoms with van der Waals surface area (Å²) in [6.07, 6.45) is 0.981. The van der Waals surface area contributed by atoms with Crippen LogP contribution in [0.5, 0.6) is 0 Å². The summed E-state index contributed by atoms with van der Waals surface area (Å²) in [4.78, 5) is 10.6. The van der Waals surface area contributed by atoms with E-state index in [0.717, 1.165) is 13.2 Å². The van der Waals surface area contributed by atoms with Crippen molar-refractivity contribution in [2.75, 3.05) is 11.0 Å². The molecule has 9 heteroatoms. The van der Waals surface area contributed by atoms with Gasteiger partial charge in [0.25, 0.3) is 10.0 Å². The Labute approximate surface area is 105 Å². The molecular formula is C9H12N2O5S2. The number of nitrogens with one attached hydrogen (secondary N) is 2. The summed E-state index contributed by atoms with van der Waals surface area (Å²) in [5, 5.41) is 0. The van der Waals surface area contributed by atoms with Gasteiger partial charge in [-0.2, -0.15) is 0 Å². The average molecular weight is 292 g/mol. The molecule has 0 aliphatic carbocycles. The Bertz CT molecular complexity index is 647. The molecule has 1 rings (SSSR count). The van der Waals surface area contributed by atoms with Crippen LogP contribution in [0, 0.1) is 0 Å². The van der Waals surface area contributed by atoms with Crippen molar-refractivity contribution in [3.05, 3.63) is 24.3 Å². The molecule has 0 aromatic heterocycles. The van der Waals surface area contributed by atoms with Crippen molar-refractivity contribution in [1.82, 2.24) is 4.72 Å². The van der Waals surface area contributed by atoms with Gasteiger partial charge in [0.15, 0.2) is 0 Å². The first-order valence-electron chi connectivity index (χ1n) is 4.71. The first kappa shape index (κ1) is 14.5. The average Bonchev–Trinajstić information content (AvgIpc) is 2.13. The van der Waals surface area contributed by atoms with Crippen LogP contribution in [-0.4, -0.2) is 29.0 Å². The van der Waals surface area contributed by atoms with Gasteiger partial charge in [0.1, 0.15) is 0 Å². The molecule has 1 amide bonds. The van der Waals surface area contributed by atoms with Crippen molar-refractivity contribution in [2.45, 2.75) is 11.8 Å². The van der Waals surface area contributed by atoms with E-state index in [9.17, 15) is 21.6 Å². The summed E-state index contributed by atoms with van der Waals surface area (Å²) >= 11 is 0. The van der Waals surface area contributed by atoms with Gasteiger partial charge in [0.05, 0.1) is 11.2 Å². The van der Waals surface area contributed by atoms with E-state index >= 15 is 0 Å². The first-order valence-corrected chi connectivity index (χ1v) is 8.09. The fraction of sp³-hybridized carbons (Fsp3) is 0.222. The lowest BCUT2D eigenvalue weighted by molar-refractivity contribution is -0.117. The largest absolute Gasteiger partial charge is 0.284 e. The molecule has 0 saturated carbocycles. The molecular weight excluding hydrogens is 280 g/mol. The molecule has 0 spiro atoms. The Morgan fingerprint density at radius 3 is 1.94 bits per heavy atom. The summed E-state index contributed by atoms with van der Waals surface area (Å²) in [5.41, 5.74) is 0.235. The van der Waals surface area contributed by atoms with Crippen LogP contribution >= 0.6 is 0 Å². The van der Waals surface area contributed by atoms with Gasteiger partial charge in [-0.15, -0.1) is 0 Å². The van der Waals surface area contributed by atoms with Crippen LogP contribution in [0.4, 0.5) is 5.69 Å². The maximum atomic E-state index is 11.6. The molecule has 0 fully saturated rings. The maximum absolute atomic E-state index is 11.6. The number of rotatable bonds is 4. The van der Waals surface area contributed by atoms with E-state index in [0.29, 0.717) is 0 Å². The molecule has 0 saturated heterocycles. The highest BCUT2D eigenvalue weighted by atomic mass is 32.2. The molecule has 2 N–H and O–H groups in total. The smallest absolute Gasteiger partial charge is 0.264 e. The first-order chi connectivity index (χ1) is 8.10. The molecule has 0 bridgehead atoms. The molecule has 100 valence electrons. The Morgan fingerprint density at radius 2 is 1.56 bits per heavy atom. The molecule has 1 aromatic carbocycles. The van der Waals surface area contributed by atoms with Crippen molar-refractivity contribution in [2.24, 2.45) is 0 Å². The molecule has 7 nitrogen and oxygen atoms in total. The van der Waals surface area contributed by atoms with Crippen LogP contribution in [0.3, 0.4) is 0 Å². The van der Waals surface area contributed by atoms with Crippen LogP contribution in [0.15, 0.2) is 29.2 Å². The highest BCUT2D eigenvalue weighted by Crippen LogP contribution is 2.14. The molecule has 0 unspecified atom stereocenters. The number of hydrogen-bond donors (Lipinski definition) is 2. The standard InChI is InChI=1S/C9H12N2O5S2/c1-7(12)10-18(15,16)9-5-3-8(4-6-9)11-17(2,13)14/h3-6,11H,1-2H3,(H,10,12). The minimum atomic E-state index is -3.90. The second kappa shape index (κ2) is 4.94. The van der Waals surface area contributed by atoms with E-state index in [1.807, 2.05) is 0 Å². The Morgan fingerprint density at radius 1 is 1.06 bits per heavy atom. The van der Waals surface area contributed by atoms with Crippen LogP contribution < -0.4 is 9.44 Å². The van der Waals surface area contributed by atoms with Gasteiger partial charge in [-0.25, -0.2) is 21.6 Å². The van der Waals surface area contributed by atoms with Crippen LogP contribution in [0.2, 0.25) is 0 Å². The van der Waals surface area contributed by atoms with Crippen LogP contribution in [0.25, 0.3) is 0 Å². The number of carbonyl (C=O) groups excluding carboxylic acids is 1. The number of carbonyl (C=O) groups is 1. The molecule has 1 aromatic rings. The second-order valence-electron chi connectivity index (χ2n) is 3.56. The summed E-state index contributed by atoms with van der Waals surface area (Å²) in [7, 11) is -7.31. The third-order valence-electron chi connectivity index (χ3n) is 1.75. The van der Waals surface area contributed by atoms with Gasteiger partial charge in [-0.05, 0) is 24.3 Å². The van der Waals surface area contributed by atoms with Gasteiger partial charge in [-0.1, -0.05) is 0 Å². The Kier molecular flexibility index (Phi) is 3.97. The van der Waals surface area contributed by atoms with Crippen molar-refractivity contribution >= 4 is 31.6 Å². The highest BCUT2D eigenvalue weighted by molar-refractivity contribution is 7.92. The van der Waals surface area contributed by atoms with Crippen molar-refractivity contribution < 1.29 is 21.6 Å². The lowest BCUT2D eigenvalue weighted by Gasteiger charge is -2.06. The van der Waals surface area contributed by atoms with Crippen molar-refractivity contribution in [3.8, 4) is 0 Å². The zero-order chi connectivity index (χ0) is 14.0. The predicted molar refractivity (Wildman–Crippen MR) is 65.9 cm³/mol. The fourth-order valence-electron chi connectivity index (χ4n) is 1.16. The van der Waals surface area contributed by atoms with Gasteiger partial charge >= 0.3 is 0 Å². The zero-order valence-electron chi connectivity index (χ0n) is 9.67. The van der Waals surface area contributed by atoms with Gasteiger partial charge in [0, 0.05) is 12.6 Å². The van der Waals surface area contributed by atoms with E-state index in [1.54, 1.807) is 4.72 Å². The number of benzene rings is 1. The Hall–Kier alpha value is -1.61. The summed E-state index contributed by atoms with van der Waals surface area (Å²) in [6.45, 7) is 1.08. The fourth-order valence-corrected chi connectivity index (χ4v) is 2.72. The number of anilines is 1. The molecule has 18 heavy (non-hydrogen) atoms. The van der Waals surface area contributed by atoms with E-state index in [1.165, 1.54) is 24.3 Å². The third kappa shape index (κ3) is 4.34. The SMILES string of the molecule is CC(=O)NS(=O)(=O)c1ccc(NS(C)(=O)=O)cc1. The second-order valence-corrected chi connectivity index (χ2v) is 6.99. The molecule has 0 aliphatic rings. The summed E-state index contributed by atoms with van der Waals surface area (Å²) in [6, 6.07) is 4.96. The predicted octanol–water partition coefficient (Wildman–Crippen LogP) is -0.117. The van der Waals surface area contributed by atoms with E-state index in [-0.39, 0.29) is 10.6 Å². The van der Waals surface area contributed by atoms with Gasteiger partial charge < -0.3 is 0 Å². The minimum Gasteiger partial charge on any atom is -0.284 e. The van der Waals surface area contributed by atoms with Crippen molar-refractivity contribution in [3.63, 3.8) is 0 Å². The topological polar surface area (TPSA) is 109 Å². The number of amides is 1. The number of sulfonamides is 2. The molecule has 0 atom stereocenters. The molecule has 0 radical (unpaired) electrons. The van der Waals surface area contributed by atoms with E-state index < -0.39 is 26.0 Å². The van der Waals surface area contributed by atoms with Crippen LogP contribution in [0.1, 0.15) is 6.92 Å². The normalized spacial score (nSPS) is 11.9. The van der Waals surface area contributed by atoms with Crippen LogP contribution in [-0.2, 0) is 24.8 Å². The quantitative estimate of drug-likeness (QED) is 0.804. The maximum Gasteiger partial charge on any atom is 0.264 e. The zero-order valence-corrected chi connectivity index (χ0v) is 11.3. The molecule has 0 aliphatic heterocycles. The third-order valence-corrected chi connectivity index (χ3v) is 3.80. The highest BCUT2D eigenvalue weighted by Gasteiger charge is 2.15. The van der Waals surface area contributed by atoms with Gasteiger partial charge in [-0.3, -0.25) is 9.52 Å². The lowest BCUT2D eigenvalue weighted by Crippen LogP contribution is -2.28. The minimum absolute atomic E-state index is 0.128. The number of hydrogen-bond acceptors (Lipinski definition) is 5. The monoisotopic (exact) mass is 292 g/mol. The molecule has 0 heterocycles. The van der Waals surface area contributed by atoms with Gasteiger partial charge in [0.2, 0.25) is 15.9 Å². The summed E-state index contributed by atoms with van der Waals surface area (Å²) in [5.74, 6) is -0.701. The Balaban J connectivity index is 3.00. The summed E-state index contributed by atoms with van der Waals surface area (Å²) < 4.78 is 49.0.